The van der Waals surface area contributed by atoms with Crippen molar-refractivity contribution >= 4 is 0 Å². The van der Waals surface area contributed by atoms with E-state index in [2.05, 4.69) is 38.7 Å². The van der Waals surface area contributed by atoms with Crippen LogP contribution in [0.1, 0.15) is 26.7 Å². The van der Waals surface area contributed by atoms with Crippen molar-refractivity contribution in [2.24, 2.45) is 5.92 Å². The van der Waals surface area contributed by atoms with E-state index in [0.717, 1.165) is 24.2 Å². The lowest BCUT2D eigenvalue weighted by Crippen LogP contribution is -2.15. The van der Waals surface area contributed by atoms with Gasteiger partial charge in [-0.15, -0.1) is 12.0 Å². The summed E-state index contributed by atoms with van der Waals surface area (Å²) in [4.78, 5) is 0. The van der Waals surface area contributed by atoms with Gasteiger partial charge in [-0.25, -0.2) is 0 Å². The van der Waals surface area contributed by atoms with Crippen LogP contribution in [0.4, 0.5) is 0 Å². The minimum Gasteiger partial charge on any atom is -0.466 e. The fourth-order valence-corrected chi connectivity index (χ4v) is 1.95. The molecular formula is C18H25O2-. The van der Waals surface area contributed by atoms with Crippen LogP contribution in [0.3, 0.4) is 0 Å². The molecule has 0 aromatic heterocycles. The fourth-order valence-electron chi connectivity index (χ4n) is 1.95. The highest BCUT2D eigenvalue weighted by Crippen LogP contribution is 2.21. The number of allylic oxidation sites excluding steroid dienone is 5. The molecule has 0 aliphatic heterocycles. The van der Waals surface area contributed by atoms with Crippen LogP contribution in [0.5, 0.6) is 0 Å². The number of hydrogen-bond donors (Lipinski definition) is 0. The van der Waals surface area contributed by atoms with Crippen LogP contribution in [0.15, 0.2) is 60.9 Å². The third-order valence-corrected chi connectivity index (χ3v) is 3.02. The van der Waals surface area contributed by atoms with Gasteiger partial charge in [-0.1, -0.05) is 44.7 Å². The fraction of sp³-hybridized carbons (Fsp3) is 0.389. The predicted octanol–water partition coefficient (Wildman–Crippen LogP) is 4.74. The Morgan fingerprint density at radius 3 is 2.90 bits per heavy atom. The second-order valence-electron chi connectivity index (χ2n) is 4.69. The summed E-state index contributed by atoms with van der Waals surface area (Å²) in [6.07, 6.45) is 15.8. The summed E-state index contributed by atoms with van der Waals surface area (Å²) in [7, 11) is 0. The van der Waals surface area contributed by atoms with Gasteiger partial charge in [-0.2, -0.15) is 6.42 Å². The van der Waals surface area contributed by atoms with Crippen molar-refractivity contribution in [1.29, 1.82) is 0 Å². The summed E-state index contributed by atoms with van der Waals surface area (Å²) in [5, 5.41) is 0. The molecule has 20 heavy (non-hydrogen) atoms. The first kappa shape index (κ1) is 16.5. The van der Waals surface area contributed by atoms with Gasteiger partial charge < -0.3 is 15.9 Å². The van der Waals surface area contributed by atoms with Crippen molar-refractivity contribution in [3.05, 3.63) is 67.4 Å². The first-order valence-corrected chi connectivity index (χ1v) is 7.13. The standard InChI is InChI=1S/C18H25O2/c1-5-8-16(7-3)14-19-15(4)20-18-12-10-17(9-6-2)11-13-18/h5,7-10,12-13,15,17H,1,3,6,11,14H2,2,4H3/q-1/b16-8+. The number of hydrogen-bond acceptors (Lipinski definition) is 2. The lowest BCUT2D eigenvalue weighted by molar-refractivity contribution is -0.0921. The summed E-state index contributed by atoms with van der Waals surface area (Å²) >= 11 is 0. The van der Waals surface area contributed by atoms with Crippen molar-refractivity contribution in [1.82, 2.24) is 0 Å². The Bertz CT molecular complexity index is 402. The normalized spacial score (nSPS) is 20.2. The molecule has 0 radical (unpaired) electrons. The largest absolute Gasteiger partial charge is 0.466 e. The van der Waals surface area contributed by atoms with Crippen molar-refractivity contribution in [2.45, 2.75) is 33.0 Å². The zero-order valence-corrected chi connectivity index (χ0v) is 12.5. The molecule has 0 aromatic carbocycles. The highest BCUT2D eigenvalue weighted by Gasteiger charge is 2.08. The monoisotopic (exact) mass is 273 g/mol. The van der Waals surface area contributed by atoms with Crippen LogP contribution < -0.4 is 0 Å². The van der Waals surface area contributed by atoms with Gasteiger partial charge in [0.15, 0.2) is 6.29 Å². The van der Waals surface area contributed by atoms with Gasteiger partial charge in [0.2, 0.25) is 0 Å². The van der Waals surface area contributed by atoms with Crippen LogP contribution >= 0.6 is 0 Å². The molecule has 2 atom stereocenters. The van der Waals surface area contributed by atoms with E-state index in [1.54, 1.807) is 12.2 Å². The second kappa shape index (κ2) is 9.38. The Balaban J connectivity index is 2.35. The van der Waals surface area contributed by atoms with Crippen molar-refractivity contribution < 1.29 is 9.47 Å². The quantitative estimate of drug-likeness (QED) is 0.343. The van der Waals surface area contributed by atoms with Crippen LogP contribution in [-0.4, -0.2) is 12.9 Å². The molecule has 0 aromatic rings. The first-order chi connectivity index (χ1) is 9.69. The van der Waals surface area contributed by atoms with Gasteiger partial charge in [0.25, 0.3) is 0 Å². The smallest absolute Gasteiger partial charge is 0.197 e. The summed E-state index contributed by atoms with van der Waals surface area (Å²) in [6.45, 7) is 11.9. The van der Waals surface area contributed by atoms with Gasteiger partial charge in [0.05, 0.1) is 6.61 Å². The van der Waals surface area contributed by atoms with Crippen LogP contribution in [0.25, 0.3) is 0 Å². The summed E-state index contributed by atoms with van der Waals surface area (Å²) in [6, 6.07) is 0. The third kappa shape index (κ3) is 6.07. The Morgan fingerprint density at radius 1 is 1.55 bits per heavy atom. The third-order valence-electron chi connectivity index (χ3n) is 3.02. The molecule has 0 saturated heterocycles. The average molecular weight is 273 g/mol. The van der Waals surface area contributed by atoms with Gasteiger partial charge in [-0.05, 0) is 24.6 Å². The van der Waals surface area contributed by atoms with E-state index in [1.165, 1.54) is 0 Å². The van der Waals surface area contributed by atoms with E-state index in [1.807, 2.05) is 19.1 Å². The second-order valence-corrected chi connectivity index (χ2v) is 4.69. The molecule has 1 aliphatic carbocycles. The van der Waals surface area contributed by atoms with Crippen LogP contribution in [-0.2, 0) is 9.47 Å². The van der Waals surface area contributed by atoms with Gasteiger partial charge in [0, 0.05) is 0 Å². The van der Waals surface area contributed by atoms with Crippen LogP contribution in [0.2, 0.25) is 0 Å². The lowest BCUT2D eigenvalue weighted by atomic mass is 9.95. The maximum atomic E-state index is 5.74. The van der Waals surface area contributed by atoms with Gasteiger partial charge in [-0.3, -0.25) is 0 Å². The van der Waals surface area contributed by atoms with Gasteiger partial charge >= 0.3 is 0 Å². The highest BCUT2D eigenvalue weighted by molar-refractivity contribution is 5.22. The van der Waals surface area contributed by atoms with Gasteiger partial charge in [0.1, 0.15) is 5.76 Å². The molecule has 2 unspecified atom stereocenters. The molecule has 2 heteroatoms. The highest BCUT2D eigenvalue weighted by atomic mass is 16.7. The Kier molecular flexibility index (Phi) is 7.74. The van der Waals surface area contributed by atoms with E-state index >= 15 is 0 Å². The molecule has 0 heterocycles. The Labute approximate surface area is 123 Å². The van der Waals surface area contributed by atoms with E-state index in [0.29, 0.717) is 12.5 Å². The zero-order chi connectivity index (χ0) is 14.8. The molecule has 110 valence electrons. The molecule has 2 nitrogen and oxygen atoms in total. The lowest BCUT2D eigenvalue weighted by Gasteiger charge is -2.24. The zero-order valence-electron chi connectivity index (χ0n) is 12.5. The average Bonchev–Trinajstić information content (AvgIpc) is 2.46. The Morgan fingerprint density at radius 2 is 2.35 bits per heavy atom. The summed E-state index contributed by atoms with van der Waals surface area (Å²) in [5.74, 6) is 1.41. The molecule has 0 bridgehead atoms. The van der Waals surface area contributed by atoms with Crippen LogP contribution in [0, 0.1) is 12.3 Å². The molecule has 0 amide bonds. The van der Waals surface area contributed by atoms with E-state index in [-0.39, 0.29) is 6.29 Å². The van der Waals surface area contributed by atoms with E-state index in [4.69, 9.17) is 9.47 Å². The SMILES string of the molecule is C=C/C=C(\C=C)COC(C)OC1=CCC([CH-]CC)C=C1. The molecule has 1 aliphatic rings. The molecule has 0 saturated carbocycles. The van der Waals surface area contributed by atoms with E-state index < -0.39 is 0 Å². The van der Waals surface area contributed by atoms with E-state index in [9.17, 15) is 0 Å². The number of ether oxygens (including phenoxy) is 2. The van der Waals surface area contributed by atoms with Crippen molar-refractivity contribution in [2.75, 3.05) is 6.61 Å². The molecule has 0 N–H and O–H groups in total. The summed E-state index contributed by atoms with van der Waals surface area (Å²) in [5.41, 5.74) is 0.987. The maximum absolute atomic E-state index is 5.74. The predicted molar refractivity (Wildman–Crippen MR) is 84.9 cm³/mol. The molecule has 0 fully saturated rings. The minimum atomic E-state index is -0.286. The topological polar surface area (TPSA) is 18.5 Å². The molecule has 0 spiro atoms. The molecule has 1 rings (SSSR count). The van der Waals surface area contributed by atoms with Crippen molar-refractivity contribution in [3.63, 3.8) is 0 Å². The molecular weight excluding hydrogens is 248 g/mol. The first-order valence-electron chi connectivity index (χ1n) is 7.13. The Hall–Kier alpha value is -1.54. The number of rotatable bonds is 9. The maximum Gasteiger partial charge on any atom is 0.197 e. The van der Waals surface area contributed by atoms with Crippen molar-refractivity contribution in [3.8, 4) is 0 Å². The minimum absolute atomic E-state index is 0.286. The summed E-state index contributed by atoms with van der Waals surface area (Å²) < 4.78 is 11.4.